The normalized spacial score (nSPS) is 14.5. The highest BCUT2D eigenvalue weighted by molar-refractivity contribution is 6.00. The fraction of sp³-hybridized carbons (Fsp3) is 0.576. The third kappa shape index (κ3) is 37.2. The molecule has 0 bridgehead atoms. The zero-order chi connectivity index (χ0) is 92.9. The Kier molecular flexibility index (Phi) is 47.3. The number of unbranched alkanes of at least 4 members (excludes halogenated alkanes) is 5. The van der Waals surface area contributed by atoms with Gasteiger partial charge in [-0.15, -0.1) is 0 Å². The zero-order valence-electron chi connectivity index (χ0n) is 72.4. The highest BCUT2D eigenvalue weighted by Crippen LogP contribution is 2.23. The Labute approximate surface area is 727 Å². The zero-order valence-corrected chi connectivity index (χ0v) is 72.4. The van der Waals surface area contributed by atoms with Crippen molar-refractivity contribution in [3.8, 4) is 0 Å². The van der Waals surface area contributed by atoms with E-state index in [2.05, 4.69) is 73.4 Å². The molecular weight excluding hydrogens is 1620 g/mol. The molecule has 0 fully saturated rings. The monoisotopic (exact) mass is 1760 g/mol. The number of guanidine groups is 1. The number of hydrogen-bond donors (Lipinski definition) is 23. The summed E-state index contributed by atoms with van der Waals surface area (Å²) in [5.41, 5.74) is 56.3. The molecule has 0 spiro atoms. The van der Waals surface area contributed by atoms with E-state index in [0.29, 0.717) is 94.7 Å². The number of aromatic nitrogens is 2. The number of carboxylic acids is 1. The van der Waals surface area contributed by atoms with Gasteiger partial charge in [-0.1, -0.05) is 115 Å². The molecule has 0 unspecified atom stereocenters. The lowest BCUT2D eigenvalue weighted by Crippen LogP contribution is -2.62. The van der Waals surface area contributed by atoms with Crippen LogP contribution in [0.5, 0.6) is 0 Å². The predicted molar refractivity (Wildman–Crippen MR) is 470 cm³/mol. The van der Waals surface area contributed by atoms with Crippen LogP contribution < -0.4 is 110 Å². The number of benzene rings is 3. The van der Waals surface area contributed by atoms with Crippen LogP contribution in [0.25, 0.3) is 21.8 Å². The van der Waals surface area contributed by atoms with Gasteiger partial charge in [0.1, 0.15) is 66.5 Å². The van der Waals surface area contributed by atoms with Crippen LogP contribution in [0.3, 0.4) is 0 Å². The SMILES string of the molecule is CC[C@H](C)[C@H](NC(=O)[C@H](CCCCN)NC(=O)[C@H](Cc1c[nH]c2ccccc12)NC(=O)[C@@H](N)CCCN=C(N)N)C(=O)N[C@@H](Cc1ccccc1)C(=O)N[C@@H](CCCCN)C(=O)N[C@@H](CCCCN)C(=O)N[C@H](C(=O)N[C@H](C(=O)N[C@@H](CCCCN)C(=O)N[C@@H](CCCCN)C(=O)N[C@@H](Cc1c[nH]c2ccccc12)C(N)=O)C(C)C)C(C)C.O=C(O)C(F)(F)F. The van der Waals surface area contributed by atoms with Gasteiger partial charge in [-0.25, -0.2) is 4.79 Å². The first-order valence-corrected chi connectivity index (χ1v) is 42.8. The summed E-state index contributed by atoms with van der Waals surface area (Å²) < 4.78 is 31.7. The van der Waals surface area contributed by atoms with Crippen LogP contribution in [0.4, 0.5) is 13.2 Å². The van der Waals surface area contributed by atoms with Crippen molar-refractivity contribution in [1.29, 1.82) is 0 Å². The van der Waals surface area contributed by atoms with Crippen molar-refractivity contribution in [1.82, 2.24) is 68.5 Å². The van der Waals surface area contributed by atoms with E-state index in [0.717, 1.165) is 27.4 Å². The number of carboxylic acid groups (broad SMARTS) is 1. The number of carbonyl (C=O) groups excluding carboxylic acids is 12. The molecule has 0 radical (unpaired) electrons. The number of aliphatic imine (C=N–C) groups is 1. The van der Waals surface area contributed by atoms with Gasteiger partial charge in [0.15, 0.2) is 5.96 Å². The summed E-state index contributed by atoms with van der Waals surface area (Å²) in [5.74, 6) is -13.6. The lowest BCUT2D eigenvalue weighted by Gasteiger charge is -2.30. The predicted octanol–water partition coefficient (Wildman–Crippen LogP) is 0.513. The number of amides is 12. The molecule has 40 heteroatoms. The van der Waals surface area contributed by atoms with E-state index in [1.165, 1.54) is 0 Å². The largest absolute Gasteiger partial charge is 0.490 e. The number of para-hydroxylation sites is 2. The number of fused-ring (bicyclic) bond motifs is 2. The maximum Gasteiger partial charge on any atom is 0.490 e. The molecule has 37 nitrogen and oxygen atoms in total. The number of aliphatic carboxylic acids is 1. The number of nitrogens with two attached hydrogens (primary N) is 9. The molecule has 13 atom stereocenters. The summed E-state index contributed by atoms with van der Waals surface area (Å²) in [6.45, 7) is 11.8. The highest BCUT2D eigenvalue weighted by atomic mass is 19.4. The summed E-state index contributed by atoms with van der Waals surface area (Å²) in [6.07, 6.45) is 3.63. The number of nitrogens with one attached hydrogen (secondary N) is 13. The molecule has 2 heterocycles. The number of nitrogens with zero attached hydrogens (tertiary/aromatic N) is 1. The van der Waals surface area contributed by atoms with Crippen molar-refractivity contribution >= 4 is 105 Å². The van der Waals surface area contributed by atoms with Gasteiger partial charge in [0, 0.05) is 60.0 Å². The summed E-state index contributed by atoms with van der Waals surface area (Å²) >= 11 is 0. The van der Waals surface area contributed by atoms with E-state index in [1.54, 1.807) is 77.3 Å². The van der Waals surface area contributed by atoms with Crippen molar-refractivity contribution in [3.63, 3.8) is 0 Å². The number of carbonyl (C=O) groups is 13. The first-order chi connectivity index (χ1) is 59.4. The van der Waals surface area contributed by atoms with Gasteiger partial charge in [-0.3, -0.25) is 62.5 Å². The number of rotatable bonds is 57. The number of primary amides is 1. The van der Waals surface area contributed by atoms with Crippen molar-refractivity contribution in [2.45, 2.75) is 255 Å². The van der Waals surface area contributed by atoms with Gasteiger partial charge in [-0.2, -0.15) is 13.2 Å². The Morgan fingerprint density at radius 1 is 0.384 bits per heavy atom. The number of alkyl halides is 3. The first-order valence-electron chi connectivity index (χ1n) is 42.8. The van der Waals surface area contributed by atoms with Crippen LogP contribution in [0.1, 0.15) is 174 Å². The van der Waals surface area contributed by atoms with Gasteiger partial charge in [0.2, 0.25) is 70.9 Å². The molecule has 0 aliphatic carbocycles. The minimum atomic E-state index is -5.08. The fourth-order valence-corrected chi connectivity index (χ4v) is 13.7. The minimum absolute atomic E-state index is 0.0124. The Balaban J connectivity index is 0.00000447. The Bertz CT molecular complexity index is 4280. The fourth-order valence-electron chi connectivity index (χ4n) is 13.7. The molecule has 0 saturated carbocycles. The quantitative estimate of drug-likeness (QED) is 0.0143. The summed E-state index contributed by atoms with van der Waals surface area (Å²) in [6, 6.07) is 8.44. The Morgan fingerprint density at radius 3 is 1.06 bits per heavy atom. The molecule has 2 aromatic heterocycles. The van der Waals surface area contributed by atoms with Gasteiger partial charge in [0.05, 0.1) is 6.04 Å². The second-order valence-electron chi connectivity index (χ2n) is 31.8. The van der Waals surface area contributed by atoms with E-state index in [-0.39, 0.29) is 96.5 Å². The van der Waals surface area contributed by atoms with Crippen LogP contribution in [0.15, 0.2) is 96.2 Å². The van der Waals surface area contributed by atoms with Crippen LogP contribution in [0, 0.1) is 17.8 Å². The third-order valence-corrected chi connectivity index (χ3v) is 21.1. The van der Waals surface area contributed by atoms with E-state index in [4.69, 9.17) is 61.5 Å². The molecule has 12 amide bonds. The van der Waals surface area contributed by atoms with Crippen molar-refractivity contribution in [3.05, 3.63) is 108 Å². The van der Waals surface area contributed by atoms with Crippen LogP contribution in [0.2, 0.25) is 0 Å². The standard InChI is InChI=1S/C83H133N23O12.C2HF3O2/c1-7-51(6)70(106-77(113)64(37-19-24-42-88)99-79(115)67(46-54-48-95-59-32-14-12-29-56(54)59)102-72(108)57(89)30-25-43-93-83(91)92)82(118)103-66(44-52-26-9-8-10-27-52)78(114)98-60(33-15-20-38-84)73(109)97-63(36-18-23-41-87)76(112)104-69(50(4)5)81(117)105-68(49(2)3)80(116)100-62(35-17-22-40-86)74(110)96-61(34-16-21-39-85)75(111)101-65(71(90)107)45-53-47-94-58-31-13-11-28-55(53)58;3-2(4,5)1(6)7/h8-14,26-29,31-32,47-51,57,60-70,94-95H,7,15-25,30,33-46,84-89H2,1-6H3,(H2,90,107)(H,96,110)(H,97,109)(H,98,114)(H,99,115)(H,100,116)(H,101,111)(H,102,108)(H,103,118)(H,104,112)(H,105,117)(H,106,113)(H4,91,92,93);(H,6,7)/t51-,57-,60-,61-,62-,63-,64-,65-,66-,67-,68-,69-,70-;/m0./s1. The molecule has 5 aromatic rings. The Hall–Kier alpha value is -11.3. The summed E-state index contributed by atoms with van der Waals surface area (Å²) in [7, 11) is 0. The summed E-state index contributed by atoms with van der Waals surface area (Å²) in [4.78, 5) is 193. The molecule has 32 N–H and O–H groups in total. The molecule has 694 valence electrons. The lowest BCUT2D eigenvalue weighted by atomic mass is 9.96. The summed E-state index contributed by atoms with van der Waals surface area (Å²) in [5, 5.41) is 39.8. The van der Waals surface area contributed by atoms with Crippen LogP contribution in [-0.2, 0) is 81.6 Å². The number of halogens is 3. The van der Waals surface area contributed by atoms with Crippen molar-refractivity contribution in [2.24, 2.45) is 74.3 Å². The van der Waals surface area contributed by atoms with Gasteiger partial charge in [0.25, 0.3) is 0 Å². The smallest absolute Gasteiger partial charge is 0.475 e. The molecule has 3 aromatic carbocycles. The lowest BCUT2D eigenvalue weighted by molar-refractivity contribution is -0.192. The molecule has 125 heavy (non-hydrogen) atoms. The van der Waals surface area contributed by atoms with E-state index >= 15 is 9.59 Å². The van der Waals surface area contributed by atoms with E-state index in [9.17, 15) is 61.1 Å². The van der Waals surface area contributed by atoms with Gasteiger partial charge >= 0.3 is 12.1 Å². The number of hydrogen-bond acceptors (Lipinski definition) is 20. The molecule has 5 rings (SSSR count). The second kappa shape index (κ2) is 55.8. The average Bonchev–Trinajstić information content (AvgIpc) is 1.71. The molecule has 0 saturated heterocycles. The minimum Gasteiger partial charge on any atom is -0.475 e. The maximum atomic E-state index is 15.1. The van der Waals surface area contributed by atoms with E-state index < -0.39 is 173 Å². The number of aromatic amines is 2. The van der Waals surface area contributed by atoms with E-state index in [1.807, 2.05) is 55.5 Å². The molecule has 0 aliphatic heterocycles. The van der Waals surface area contributed by atoms with Crippen LogP contribution in [-0.4, -0.2) is 216 Å². The number of H-pyrrole nitrogens is 2. The second-order valence-corrected chi connectivity index (χ2v) is 31.8. The average molecular weight is 1760 g/mol. The topological polar surface area (TPSA) is 653 Å². The van der Waals surface area contributed by atoms with Crippen molar-refractivity contribution < 1.29 is 80.6 Å². The molecule has 0 aliphatic rings. The third-order valence-electron chi connectivity index (χ3n) is 21.1. The van der Waals surface area contributed by atoms with Gasteiger partial charge < -0.3 is 125 Å². The molecular formula is C85H134F3N23O14. The van der Waals surface area contributed by atoms with Crippen LogP contribution >= 0.6 is 0 Å². The van der Waals surface area contributed by atoms with Crippen molar-refractivity contribution in [2.75, 3.05) is 39.3 Å². The van der Waals surface area contributed by atoms with Gasteiger partial charge in [-0.05, 0) is 188 Å². The maximum absolute atomic E-state index is 15.1. The Morgan fingerprint density at radius 2 is 0.688 bits per heavy atom. The first kappa shape index (κ1) is 106. The highest BCUT2D eigenvalue weighted by Gasteiger charge is 2.41.